The van der Waals surface area contributed by atoms with Gasteiger partial charge in [-0.25, -0.2) is 8.78 Å². The minimum Gasteiger partial charge on any atom is -0.383 e. The Morgan fingerprint density at radius 1 is 1.28 bits per heavy atom. The lowest BCUT2D eigenvalue weighted by Gasteiger charge is -2.17. The third-order valence-electron chi connectivity index (χ3n) is 2.86. The molecule has 1 atom stereocenters. The van der Waals surface area contributed by atoms with Crippen LogP contribution >= 0.6 is 0 Å². The van der Waals surface area contributed by atoms with Gasteiger partial charge in [0.2, 0.25) is 0 Å². The van der Waals surface area contributed by atoms with E-state index in [4.69, 9.17) is 4.74 Å². The first kappa shape index (κ1) is 15.1. The summed E-state index contributed by atoms with van der Waals surface area (Å²) in [6.45, 7) is 3.51. The molecule has 0 aliphatic carbocycles. The molecule has 1 aromatic carbocycles. The van der Waals surface area contributed by atoms with Crippen LogP contribution in [0.25, 0.3) is 0 Å². The zero-order chi connectivity index (χ0) is 13.4. The smallest absolute Gasteiger partial charge is 0.129 e. The van der Waals surface area contributed by atoms with Crippen molar-refractivity contribution >= 4 is 0 Å². The first-order valence-corrected chi connectivity index (χ1v) is 6.34. The molecule has 0 aliphatic heterocycles. The Balaban J connectivity index is 2.55. The highest BCUT2D eigenvalue weighted by atomic mass is 19.1. The number of rotatable bonds is 8. The van der Waals surface area contributed by atoms with Crippen LogP contribution < -0.4 is 5.32 Å². The largest absolute Gasteiger partial charge is 0.383 e. The van der Waals surface area contributed by atoms with Crippen molar-refractivity contribution in [2.45, 2.75) is 32.2 Å². The quantitative estimate of drug-likeness (QED) is 0.773. The molecule has 0 amide bonds. The van der Waals surface area contributed by atoms with Crippen LogP contribution in [0.15, 0.2) is 18.2 Å². The second-order valence-corrected chi connectivity index (χ2v) is 4.35. The van der Waals surface area contributed by atoms with E-state index in [2.05, 4.69) is 12.2 Å². The predicted molar refractivity (Wildman–Crippen MR) is 68.6 cm³/mol. The number of hydrogen-bond donors (Lipinski definition) is 1. The Morgan fingerprint density at radius 3 is 2.50 bits per heavy atom. The SMILES string of the molecule is CCCNC(CCc1c(F)cccc1F)COC. The molecular weight excluding hydrogens is 236 g/mol. The minimum absolute atomic E-state index is 0.133. The van der Waals surface area contributed by atoms with Crippen LogP contribution in [0.4, 0.5) is 8.78 Å². The molecule has 1 N–H and O–H groups in total. The molecule has 102 valence electrons. The van der Waals surface area contributed by atoms with E-state index in [-0.39, 0.29) is 11.6 Å². The average Bonchev–Trinajstić information content (AvgIpc) is 2.35. The van der Waals surface area contributed by atoms with Gasteiger partial charge in [0.25, 0.3) is 0 Å². The van der Waals surface area contributed by atoms with Gasteiger partial charge in [-0.15, -0.1) is 0 Å². The second kappa shape index (κ2) is 8.16. The van der Waals surface area contributed by atoms with E-state index in [1.165, 1.54) is 18.2 Å². The lowest BCUT2D eigenvalue weighted by Crippen LogP contribution is -2.34. The van der Waals surface area contributed by atoms with Gasteiger partial charge in [0.1, 0.15) is 11.6 Å². The van der Waals surface area contributed by atoms with Crippen molar-refractivity contribution in [1.82, 2.24) is 5.32 Å². The van der Waals surface area contributed by atoms with E-state index in [1.54, 1.807) is 7.11 Å². The summed E-state index contributed by atoms with van der Waals surface area (Å²) in [7, 11) is 1.63. The third-order valence-corrected chi connectivity index (χ3v) is 2.86. The molecule has 0 heterocycles. The van der Waals surface area contributed by atoms with Crippen LogP contribution in [0.2, 0.25) is 0 Å². The molecule has 0 spiro atoms. The first-order chi connectivity index (χ1) is 8.69. The molecule has 1 unspecified atom stereocenters. The second-order valence-electron chi connectivity index (χ2n) is 4.35. The molecule has 0 radical (unpaired) electrons. The van der Waals surface area contributed by atoms with Crippen molar-refractivity contribution in [3.8, 4) is 0 Å². The van der Waals surface area contributed by atoms with Crippen molar-refractivity contribution in [2.75, 3.05) is 20.3 Å². The van der Waals surface area contributed by atoms with Crippen LogP contribution in [0.3, 0.4) is 0 Å². The number of halogens is 2. The van der Waals surface area contributed by atoms with E-state index < -0.39 is 11.6 Å². The number of nitrogens with one attached hydrogen (secondary N) is 1. The van der Waals surface area contributed by atoms with Gasteiger partial charge in [0.05, 0.1) is 6.61 Å². The molecular formula is C14H21F2NO. The molecule has 0 fully saturated rings. The van der Waals surface area contributed by atoms with Crippen molar-refractivity contribution in [3.63, 3.8) is 0 Å². The van der Waals surface area contributed by atoms with Gasteiger partial charge >= 0.3 is 0 Å². The number of methoxy groups -OCH3 is 1. The molecule has 1 aromatic rings. The zero-order valence-electron chi connectivity index (χ0n) is 11.0. The van der Waals surface area contributed by atoms with Crippen molar-refractivity contribution in [2.24, 2.45) is 0 Å². The van der Waals surface area contributed by atoms with Gasteiger partial charge in [0, 0.05) is 18.7 Å². The maximum Gasteiger partial charge on any atom is 0.129 e. The Labute approximate surface area is 107 Å². The van der Waals surface area contributed by atoms with Gasteiger partial charge in [0.15, 0.2) is 0 Å². The van der Waals surface area contributed by atoms with E-state index in [0.717, 1.165) is 13.0 Å². The fourth-order valence-corrected chi connectivity index (χ4v) is 1.88. The number of benzene rings is 1. The Bertz CT molecular complexity index is 337. The summed E-state index contributed by atoms with van der Waals surface area (Å²) in [5.74, 6) is -0.941. The highest BCUT2D eigenvalue weighted by molar-refractivity contribution is 5.19. The van der Waals surface area contributed by atoms with Gasteiger partial charge in [-0.3, -0.25) is 0 Å². The van der Waals surface area contributed by atoms with Gasteiger partial charge in [-0.1, -0.05) is 13.0 Å². The standard InChI is InChI=1S/C14H21F2NO/c1-3-9-17-11(10-18-2)7-8-12-13(15)5-4-6-14(12)16/h4-6,11,17H,3,7-10H2,1-2H3. The van der Waals surface area contributed by atoms with Crippen LogP contribution in [0.1, 0.15) is 25.3 Å². The summed E-state index contributed by atoms with van der Waals surface area (Å²) in [5.41, 5.74) is 0.164. The minimum atomic E-state index is -0.471. The first-order valence-electron chi connectivity index (χ1n) is 6.34. The van der Waals surface area contributed by atoms with Crippen LogP contribution in [-0.2, 0) is 11.2 Å². The monoisotopic (exact) mass is 257 g/mol. The topological polar surface area (TPSA) is 21.3 Å². The summed E-state index contributed by atoms with van der Waals surface area (Å²) < 4.78 is 32.0. The Kier molecular flexibility index (Phi) is 6.83. The third kappa shape index (κ3) is 4.70. The van der Waals surface area contributed by atoms with Gasteiger partial charge in [-0.2, -0.15) is 0 Å². The summed E-state index contributed by atoms with van der Waals surface area (Å²) in [5, 5.41) is 3.31. The number of ether oxygens (including phenoxy) is 1. The van der Waals surface area contributed by atoms with Crippen molar-refractivity contribution < 1.29 is 13.5 Å². The fourth-order valence-electron chi connectivity index (χ4n) is 1.88. The molecule has 18 heavy (non-hydrogen) atoms. The zero-order valence-corrected chi connectivity index (χ0v) is 11.0. The summed E-state index contributed by atoms with van der Waals surface area (Å²) in [6, 6.07) is 4.11. The van der Waals surface area contributed by atoms with E-state index in [0.29, 0.717) is 19.4 Å². The van der Waals surface area contributed by atoms with Crippen LogP contribution in [0.5, 0.6) is 0 Å². The van der Waals surface area contributed by atoms with Gasteiger partial charge < -0.3 is 10.1 Å². The summed E-state index contributed by atoms with van der Waals surface area (Å²) in [4.78, 5) is 0. The highest BCUT2D eigenvalue weighted by Crippen LogP contribution is 2.15. The molecule has 0 bridgehead atoms. The van der Waals surface area contributed by atoms with Crippen LogP contribution in [0, 0.1) is 11.6 Å². The highest BCUT2D eigenvalue weighted by Gasteiger charge is 2.12. The molecule has 4 heteroatoms. The molecule has 0 saturated heterocycles. The number of hydrogen-bond acceptors (Lipinski definition) is 2. The molecule has 0 aromatic heterocycles. The Hall–Kier alpha value is -1.00. The van der Waals surface area contributed by atoms with Crippen LogP contribution in [-0.4, -0.2) is 26.3 Å². The lowest BCUT2D eigenvalue weighted by atomic mass is 10.0. The van der Waals surface area contributed by atoms with Crippen molar-refractivity contribution in [3.05, 3.63) is 35.4 Å². The lowest BCUT2D eigenvalue weighted by molar-refractivity contribution is 0.162. The van der Waals surface area contributed by atoms with Gasteiger partial charge in [-0.05, 0) is 37.9 Å². The molecule has 0 saturated carbocycles. The predicted octanol–water partition coefficient (Wildman–Crippen LogP) is 2.91. The summed E-state index contributed by atoms with van der Waals surface area (Å²) in [6.07, 6.45) is 2.06. The van der Waals surface area contributed by atoms with Crippen molar-refractivity contribution in [1.29, 1.82) is 0 Å². The maximum atomic E-state index is 13.4. The van der Waals surface area contributed by atoms with E-state index >= 15 is 0 Å². The van der Waals surface area contributed by atoms with E-state index in [9.17, 15) is 8.78 Å². The average molecular weight is 257 g/mol. The maximum absolute atomic E-state index is 13.4. The summed E-state index contributed by atoms with van der Waals surface area (Å²) >= 11 is 0. The Morgan fingerprint density at radius 2 is 1.94 bits per heavy atom. The molecule has 2 nitrogen and oxygen atoms in total. The van der Waals surface area contributed by atoms with E-state index in [1.807, 2.05) is 0 Å². The molecule has 0 aliphatic rings. The normalized spacial score (nSPS) is 12.7. The fraction of sp³-hybridized carbons (Fsp3) is 0.571. The molecule has 1 rings (SSSR count).